The Morgan fingerprint density at radius 3 is 2.24 bits per heavy atom. The van der Waals surface area contributed by atoms with Crippen LogP contribution in [0.3, 0.4) is 0 Å². The van der Waals surface area contributed by atoms with Crippen LogP contribution in [0.15, 0.2) is 44.2 Å². The fraction of sp³-hybridized carbons (Fsp3) is 0.0769. The zero-order chi connectivity index (χ0) is 15.8. The Hall–Kier alpha value is -0.760. The van der Waals surface area contributed by atoms with Crippen molar-refractivity contribution in [3.05, 3.63) is 49.9 Å². The van der Waals surface area contributed by atoms with Gasteiger partial charge in [-0.3, -0.25) is 4.72 Å². The van der Waals surface area contributed by atoms with Crippen molar-refractivity contribution in [2.75, 3.05) is 10.5 Å². The zero-order valence-electron chi connectivity index (χ0n) is 10.8. The van der Waals surface area contributed by atoms with Gasteiger partial charge in [0.2, 0.25) is 0 Å². The van der Waals surface area contributed by atoms with Crippen molar-refractivity contribution in [3.63, 3.8) is 0 Å². The van der Waals surface area contributed by atoms with Crippen LogP contribution in [0, 0.1) is 6.92 Å². The molecule has 0 aromatic heterocycles. The first-order chi connectivity index (χ1) is 9.70. The number of rotatable bonds is 3. The summed E-state index contributed by atoms with van der Waals surface area (Å²) in [5.41, 5.74) is 7.37. The Bertz CT molecular complexity index is 787. The van der Waals surface area contributed by atoms with Crippen molar-refractivity contribution in [2.24, 2.45) is 0 Å². The molecule has 0 fully saturated rings. The molecule has 0 radical (unpaired) electrons. The Kier molecular flexibility index (Phi) is 4.87. The summed E-state index contributed by atoms with van der Waals surface area (Å²) >= 11 is 12.5. The highest BCUT2D eigenvalue weighted by molar-refractivity contribution is 9.11. The Balaban J connectivity index is 2.48. The predicted molar refractivity (Wildman–Crippen MR) is 93.3 cm³/mol. The minimum atomic E-state index is -3.81. The van der Waals surface area contributed by atoms with Gasteiger partial charge in [-0.05, 0) is 68.6 Å². The molecule has 112 valence electrons. The van der Waals surface area contributed by atoms with Crippen molar-refractivity contribution < 1.29 is 8.42 Å². The van der Waals surface area contributed by atoms with Crippen molar-refractivity contribution in [1.29, 1.82) is 0 Å². The summed E-state index contributed by atoms with van der Waals surface area (Å²) in [7, 11) is -3.81. The molecule has 0 aliphatic rings. The maximum absolute atomic E-state index is 12.5. The fourth-order valence-corrected chi connectivity index (χ4v) is 5.77. The van der Waals surface area contributed by atoms with Gasteiger partial charge in [-0.1, -0.05) is 17.7 Å². The van der Waals surface area contributed by atoms with Crippen LogP contribution in [0.4, 0.5) is 11.4 Å². The average molecular weight is 455 g/mol. The van der Waals surface area contributed by atoms with E-state index >= 15 is 0 Å². The Labute approximate surface area is 145 Å². The highest BCUT2D eigenvalue weighted by Crippen LogP contribution is 2.34. The van der Waals surface area contributed by atoms with Crippen LogP contribution in [0.1, 0.15) is 5.56 Å². The van der Waals surface area contributed by atoms with Gasteiger partial charge in [0.05, 0.1) is 10.7 Å². The smallest absolute Gasteiger partial charge is 0.264 e. The summed E-state index contributed by atoms with van der Waals surface area (Å²) in [6, 6.07) is 8.13. The summed E-state index contributed by atoms with van der Waals surface area (Å²) in [5, 5.41) is 0.335. The van der Waals surface area contributed by atoms with Gasteiger partial charge in [0, 0.05) is 14.6 Å². The first-order valence-electron chi connectivity index (χ1n) is 5.74. The number of nitrogens with two attached hydrogens (primary N) is 1. The molecule has 0 aliphatic carbocycles. The molecule has 0 bridgehead atoms. The molecule has 0 saturated carbocycles. The molecule has 2 aromatic carbocycles. The molecule has 0 amide bonds. The third-order valence-corrected chi connectivity index (χ3v) is 6.21. The molecule has 21 heavy (non-hydrogen) atoms. The normalized spacial score (nSPS) is 11.4. The van der Waals surface area contributed by atoms with E-state index in [9.17, 15) is 8.42 Å². The van der Waals surface area contributed by atoms with E-state index in [0.29, 0.717) is 25.3 Å². The summed E-state index contributed by atoms with van der Waals surface area (Å²) in [6.07, 6.45) is 0. The number of sulfonamides is 1. The third-order valence-electron chi connectivity index (χ3n) is 2.66. The third kappa shape index (κ3) is 3.71. The van der Waals surface area contributed by atoms with Gasteiger partial charge in [-0.2, -0.15) is 0 Å². The van der Waals surface area contributed by atoms with E-state index in [1.807, 2.05) is 6.92 Å². The maximum Gasteiger partial charge on any atom is 0.264 e. The quantitative estimate of drug-likeness (QED) is 0.668. The molecule has 2 aromatic rings. The highest BCUT2D eigenvalue weighted by Gasteiger charge is 2.22. The van der Waals surface area contributed by atoms with Crippen molar-refractivity contribution in [3.8, 4) is 0 Å². The number of aryl methyl sites for hydroxylation is 1. The molecule has 0 aliphatic heterocycles. The maximum atomic E-state index is 12.5. The number of anilines is 2. The number of hydrogen-bond donors (Lipinski definition) is 2. The standard InChI is InChI=1S/C13H11Br2ClN2O2S/c1-7-2-3-12(11(16)4-7)18-21(19,20)13-9(14)5-8(17)6-10(13)15/h2-6,18H,17H2,1H3. The highest BCUT2D eigenvalue weighted by atomic mass is 79.9. The zero-order valence-corrected chi connectivity index (χ0v) is 15.6. The minimum Gasteiger partial charge on any atom is -0.399 e. The first-order valence-corrected chi connectivity index (χ1v) is 9.19. The number of nitrogens with one attached hydrogen (secondary N) is 1. The molecular formula is C13H11Br2ClN2O2S. The molecular weight excluding hydrogens is 443 g/mol. The van der Waals surface area contributed by atoms with Gasteiger partial charge >= 0.3 is 0 Å². The SMILES string of the molecule is Cc1ccc(NS(=O)(=O)c2c(Br)cc(N)cc2Br)c(Cl)c1. The molecule has 2 rings (SSSR count). The summed E-state index contributed by atoms with van der Waals surface area (Å²) in [5.74, 6) is 0. The topological polar surface area (TPSA) is 72.2 Å². The van der Waals surface area contributed by atoms with Gasteiger partial charge in [0.25, 0.3) is 10.0 Å². The second kappa shape index (κ2) is 6.16. The number of hydrogen-bond acceptors (Lipinski definition) is 3. The number of benzene rings is 2. The van der Waals surface area contributed by atoms with Crippen LogP contribution in [-0.4, -0.2) is 8.42 Å². The summed E-state index contributed by atoms with van der Waals surface area (Å²) in [6.45, 7) is 1.87. The second-order valence-corrected chi connectivity index (χ2v) is 8.14. The Morgan fingerprint density at radius 1 is 1.14 bits per heavy atom. The lowest BCUT2D eigenvalue weighted by molar-refractivity contribution is 0.600. The van der Waals surface area contributed by atoms with Gasteiger partial charge in [-0.15, -0.1) is 0 Å². The molecule has 0 heterocycles. The molecule has 0 atom stereocenters. The van der Waals surface area contributed by atoms with Crippen molar-refractivity contribution in [1.82, 2.24) is 0 Å². The van der Waals surface area contributed by atoms with Crippen LogP contribution in [0.2, 0.25) is 5.02 Å². The monoisotopic (exact) mass is 452 g/mol. The van der Waals surface area contributed by atoms with Crippen LogP contribution < -0.4 is 10.5 Å². The van der Waals surface area contributed by atoms with Crippen molar-refractivity contribution >= 4 is 64.9 Å². The van der Waals surface area contributed by atoms with E-state index in [4.69, 9.17) is 17.3 Å². The fourth-order valence-electron chi connectivity index (χ4n) is 1.73. The van der Waals surface area contributed by atoms with E-state index in [2.05, 4.69) is 36.6 Å². The molecule has 3 N–H and O–H groups in total. The van der Waals surface area contributed by atoms with Gasteiger partial charge in [0.1, 0.15) is 4.90 Å². The van der Waals surface area contributed by atoms with E-state index in [1.54, 1.807) is 18.2 Å². The lowest BCUT2D eigenvalue weighted by Gasteiger charge is -2.13. The second-order valence-electron chi connectivity index (χ2n) is 4.40. The van der Waals surface area contributed by atoms with E-state index in [1.165, 1.54) is 12.1 Å². The molecule has 0 saturated heterocycles. The largest absolute Gasteiger partial charge is 0.399 e. The first kappa shape index (κ1) is 16.6. The van der Waals surface area contributed by atoms with Crippen LogP contribution in [-0.2, 0) is 10.0 Å². The van der Waals surface area contributed by atoms with Gasteiger partial charge in [-0.25, -0.2) is 8.42 Å². The van der Waals surface area contributed by atoms with Crippen LogP contribution in [0.25, 0.3) is 0 Å². The Morgan fingerprint density at radius 2 is 1.71 bits per heavy atom. The predicted octanol–water partition coefficient (Wildman–Crippen LogP) is 4.56. The van der Waals surface area contributed by atoms with E-state index in [-0.39, 0.29) is 4.90 Å². The van der Waals surface area contributed by atoms with Crippen LogP contribution in [0.5, 0.6) is 0 Å². The van der Waals surface area contributed by atoms with Crippen molar-refractivity contribution in [2.45, 2.75) is 11.8 Å². The summed E-state index contributed by atoms with van der Waals surface area (Å²) in [4.78, 5) is 0.0633. The van der Waals surface area contributed by atoms with E-state index in [0.717, 1.165) is 5.56 Å². The average Bonchev–Trinajstić information content (AvgIpc) is 2.30. The molecule has 8 heteroatoms. The lowest BCUT2D eigenvalue weighted by atomic mass is 10.2. The number of halogens is 3. The molecule has 0 spiro atoms. The molecule has 0 unspecified atom stereocenters. The number of nitrogen functional groups attached to an aromatic ring is 1. The van der Waals surface area contributed by atoms with Gasteiger partial charge < -0.3 is 5.73 Å². The minimum absolute atomic E-state index is 0.0633. The molecule has 4 nitrogen and oxygen atoms in total. The summed E-state index contributed by atoms with van der Waals surface area (Å²) < 4.78 is 28.2. The van der Waals surface area contributed by atoms with E-state index < -0.39 is 10.0 Å². The lowest BCUT2D eigenvalue weighted by Crippen LogP contribution is -2.15. The van der Waals surface area contributed by atoms with Gasteiger partial charge in [0.15, 0.2) is 0 Å². The van der Waals surface area contributed by atoms with Crippen LogP contribution >= 0.6 is 43.5 Å².